The molecular weight excluding hydrogens is 506 g/mol. The molecule has 7 nitrogen and oxygen atoms in total. The van der Waals surface area contributed by atoms with Gasteiger partial charge >= 0.3 is 6.36 Å². The number of carbonyl (C=O) groups is 2. The van der Waals surface area contributed by atoms with Crippen molar-refractivity contribution in [2.75, 3.05) is 4.90 Å². The van der Waals surface area contributed by atoms with Gasteiger partial charge in [-0.3, -0.25) is 14.5 Å². The van der Waals surface area contributed by atoms with Crippen LogP contribution in [-0.4, -0.2) is 45.7 Å². The summed E-state index contributed by atoms with van der Waals surface area (Å²) in [5.74, 6) is -5.98. The molecule has 0 radical (unpaired) electrons. The van der Waals surface area contributed by atoms with E-state index in [1.54, 1.807) is 0 Å². The van der Waals surface area contributed by atoms with E-state index in [1.165, 1.54) is 0 Å². The summed E-state index contributed by atoms with van der Waals surface area (Å²) in [6.07, 6.45) is -2.70. The number of aromatic nitrogens is 2. The van der Waals surface area contributed by atoms with E-state index >= 15 is 0 Å². The normalized spacial score (nSPS) is 17.8. The fourth-order valence-electron chi connectivity index (χ4n) is 3.67. The first-order valence-electron chi connectivity index (χ1n) is 10.3. The zero-order chi connectivity index (χ0) is 25.8. The number of nitrogens with zero attached hydrogens (tertiary/aromatic N) is 3. The summed E-state index contributed by atoms with van der Waals surface area (Å²) in [5, 5.41) is 2.55. The van der Waals surface area contributed by atoms with E-state index in [1.807, 2.05) is 0 Å². The number of halogens is 7. The first kappa shape index (κ1) is 26.5. The molecule has 2 atom stereocenters. The predicted molar refractivity (Wildman–Crippen MR) is 111 cm³/mol. The standard InChI is InChI=1S/C21H19ClF6N4O3/c22-17(23)19(34)32(14-2-1-3-15(8-14)35-21(26,27)28)16(12-9-29-11-30-10-12)18(33)31-13-4-6-20(24,25)7-5-13/h1-3,8-11,13,16-17H,4-7H2,(H,31,33)/t16-,17+/m1/s1. The molecule has 0 unspecified atom stereocenters. The van der Waals surface area contributed by atoms with E-state index in [4.69, 9.17) is 11.6 Å². The Morgan fingerprint density at radius 2 is 1.80 bits per heavy atom. The van der Waals surface area contributed by atoms with Crippen molar-refractivity contribution < 1.29 is 40.7 Å². The Hall–Kier alpha value is -3.09. The lowest BCUT2D eigenvalue weighted by molar-refractivity contribution is -0.274. The maximum atomic E-state index is 14.0. The maximum absolute atomic E-state index is 14.0. The third kappa shape index (κ3) is 7.20. The zero-order valence-corrected chi connectivity index (χ0v) is 18.6. The number of hydrogen-bond acceptors (Lipinski definition) is 5. The Labute approximate surface area is 200 Å². The second-order valence-electron chi connectivity index (χ2n) is 7.77. The molecule has 1 saturated carbocycles. The van der Waals surface area contributed by atoms with Crippen LogP contribution in [0.2, 0.25) is 0 Å². The average molecular weight is 525 g/mol. The zero-order valence-electron chi connectivity index (χ0n) is 17.8. The number of anilines is 1. The lowest BCUT2D eigenvalue weighted by Gasteiger charge is -2.34. The first-order chi connectivity index (χ1) is 16.4. The highest BCUT2D eigenvalue weighted by atomic mass is 35.5. The molecule has 1 N–H and O–H groups in total. The molecule has 2 aromatic rings. The van der Waals surface area contributed by atoms with E-state index in [2.05, 4.69) is 20.0 Å². The highest BCUT2D eigenvalue weighted by Gasteiger charge is 2.40. The summed E-state index contributed by atoms with van der Waals surface area (Å²) in [7, 11) is 0. The van der Waals surface area contributed by atoms with Gasteiger partial charge in [0.05, 0.1) is 0 Å². The van der Waals surface area contributed by atoms with Gasteiger partial charge in [-0.25, -0.2) is 23.1 Å². The van der Waals surface area contributed by atoms with E-state index < -0.39 is 60.4 Å². The van der Waals surface area contributed by atoms with Gasteiger partial charge < -0.3 is 10.1 Å². The molecule has 0 aliphatic heterocycles. The van der Waals surface area contributed by atoms with Crippen molar-refractivity contribution in [1.29, 1.82) is 0 Å². The van der Waals surface area contributed by atoms with Gasteiger partial charge in [0.1, 0.15) is 18.1 Å². The van der Waals surface area contributed by atoms with Crippen LogP contribution in [0.5, 0.6) is 5.75 Å². The van der Waals surface area contributed by atoms with E-state index in [0.717, 1.165) is 43.0 Å². The molecule has 0 saturated heterocycles. The summed E-state index contributed by atoms with van der Waals surface area (Å²) in [5.41, 5.74) is -3.05. The molecule has 35 heavy (non-hydrogen) atoms. The van der Waals surface area contributed by atoms with Crippen LogP contribution >= 0.6 is 11.6 Å². The van der Waals surface area contributed by atoms with Crippen LogP contribution in [0.1, 0.15) is 37.3 Å². The number of ether oxygens (including phenoxy) is 1. The molecule has 1 aromatic carbocycles. The lowest BCUT2D eigenvalue weighted by Crippen LogP contribution is -2.49. The second-order valence-corrected chi connectivity index (χ2v) is 8.15. The monoisotopic (exact) mass is 524 g/mol. The van der Waals surface area contributed by atoms with Crippen molar-refractivity contribution in [3.8, 4) is 5.75 Å². The van der Waals surface area contributed by atoms with Gasteiger partial charge in [-0.15, -0.1) is 13.2 Å². The van der Waals surface area contributed by atoms with E-state index in [0.29, 0.717) is 4.90 Å². The van der Waals surface area contributed by atoms with Crippen molar-refractivity contribution in [2.45, 2.75) is 55.7 Å². The van der Waals surface area contributed by atoms with Crippen LogP contribution in [0.4, 0.5) is 32.0 Å². The largest absolute Gasteiger partial charge is 0.573 e. The third-order valence-electron chi connectivity index (χ3n) is 5.22. The van der Waals surface area contributed by atoms with Gasteiger partial charge in [-0.1, -0.05) is 17.7 Å². The minimum absolute atomic E-state index is 0.0288. The second kappa shape index (κ2) is 10.7. The number of rotatable bonds is 7. The molecule has 14 heteroatoms. The highest BCUT2D eigenvalue weighted by molar-refractivity contribution is 6.32. The van der Waals surface area contributed by atoms with Crippen LogP contribution in [0.25, 0.3) is 0 Å². The van der Waals surface area contributed by atoms with Gasteiger partial charge in [0.2, 0.25) is 11.8 Å². The van der Waals surface area contributed by atoms with Gasteiger partial charge in [-0.05, 0) is 25.0 Å². The number of nitrogens with one attached hydrogen (secondary N) is 1. The topological polar surface area (TPSA) is 84.4 Å². The highest BCUT2D eigenvalue weighted by Crippen LogP contribution is 2.35. The molecule has 1 aliphatic carbocycles. The molecule has 3 rings (SSSR count). The molecule has 1 aliphatic rings. The van der Waals surface area contributed by atoms with Gasteiger partial charge in [-0.2, -0.15) is 0 Å². The van der Waals surface area contributed by atoms with Crippen molar-refractivity contribution in [3.05, 3.63) is 48.5 Å². The third-order valence-corrected chi connectivity index (χ3v) is 5.41. The summed E-state index contributed by atoms with van der Waals surface area (Å²) in [6.45, 7) is 0. The van der Waals surface area contributed by atoms with Crippen molar-refractivity contribution in [3.63, 3.8) is 0 Å². The summed E-state index contributed by atoms with van der Waals surface area (Å²) >= 11 is 5.36. The Morgan fingerprint density at radius 3 is 2.37 bits per heavy atom. The summed E-state index contributed by atoms with van der Waals surface area (Å²) < 4.78 is 83.0. The van der Waals surface area contributed by atoms with Gasteiger partial charge in [0.25, 0.3) is 11.5 Å². The SMILES string of the molecule is O=C(NC1CCC(F)(F)CC1)[C@@H](c1cncnc1)N(C(=O)[C@H](F)Cl)c1cccc(OC(F)(F)F)c1. The minimum Gasteiger partial charge on any atom is -0.406 e. The maximum Gasteiger partial charge on any atom is 0.573 e. The summed E-state index contributed by atoms with van der Waals surface area (Å²) in [4.78, 5) is 34.2. The molecule has 2 amide bonds. The molecule has 0 spiro atoms. The Bertz CT molecular complexity index is 1030. The molecule has 190 valence electrons. The molecule has 1 aromatic heterocycles. The summed E-state index contributed by atoms with van der Waals surface area (Å²) in [6, 6.07) is 1.59. The molecule has 1 fully saturated rings. The number of benzene rings is 1. The Kier molecular flexibility index (Phi) is 8.08. The quantitative estimate of drug-likeness (QED) is 0.420. The van der Waals surface area contributed by atoms with Crippen LogP contribution in [-0.2, 0) is 9.59 Å². The van der Waals surface area contributed by atoms with Crippen molar-refractivity contribution in [1.82, 2.24) is 15.3 Å². The van der Waals surface area contributed by atoms with Gasteiger partial charge in [0, 0.05) is 48.6 Å². The number of hydrogen-bond donors (Lipinski definition) is 1. The Morgan fingerprint density at radius 1 is 1.17 bits per heavy atom. The van der Waals surface area contributed by atoms with E-state index in [-0.39, 0.29) is 24.1 Å². The fourth-order valence-corrected chi connectivity index (χ4v) is 3.78. The van der Waals surface area contributed by atoms with Crippen molar-refractivity contribution >= 4 is 29.1 Å². The smallest absolute Gasteiger partial charge is 0.406 e. The minimum atomic E-state index is -5.06. The molecule has 1 heterocycles. The fraction of sp³-hybridized carbons (Fsp3) is 0.429. The van der Waals surface area contributed by atoms with Crippen LogP contribution in [0.3, 0.4) is 0 Å². The van der Waals surface area contributed by atoms with E-state index in [9.17, 15) is 35.9 Å². The number of carbonyl (C=O) groups excluding carboxylic acids is 2. The van der Waals surface area contributed by atoms with Crippen LogP contribution < -0.4 is 15.0 Å². The Balaban J connectivity index is 2.01. The van der Waals surface area contributed by atoms with Gasteiger partial charge in [0.15, 0.2) is 0 Å². The number of amides is 2. The van der Waals surface area contributed by atoms with Crippen molar-refractivity contribution in [2.24, 2.45) is 0 Å². The average Bonchev–Trinajstić information content (AvgIpc) is 2.77. The number of alkyl halides is 7. The van der Waals surface area contributed by atoms with Crippen LogP contribution in [0.15, 0.2) is 43.0 Å². The lowest BCUT2D eigenvalue weighted by atomic mass is 9.92. The molecular formula is C21H19ClF6N4O3. The first-order valence-corrected chi connectivity index (χ1v) is 10.7. The predicted octanol–water partition coefficient (Wildman–Crippen LogP) is 4.68. The van der Waals surface area contributed by atoms with Crippen LogP contribution in [0, 0.1) is 0 Å². The molecule has 0 bridgehead atoms.